The van der Waals surface area contributed by atoms with Gasteiger partial charge in [0.1, 0.15) is 16.4 Å². The topological polar surface area (TPSA) is 80.4 Å². The summed E-state index contributed by atoms with van der Waals surface area (Å²) in [6.07, 6.45) is -1.30. The Kier molecular flexibility index (Phi) is 8.03. The molecular weight excluding hydrogens is 512 g/mol. The molecule has 3 aromatic carbocycles. The predicted molar refractivity (Wildman–Crippen MR) is 131 cm³/mol. The van der Waals surface area contributed by atoms with E-state index in [-0.39, 0.29) is 16.4 Å². The highest BCUT2D eigenvalue weighted by Crippen LogP contribution is 2.27. The molecule has 4 aromatic rings. The summed E-state index contributed by atoms with van der Waals surface area (Å²) in [6, 6.07) is 19.2. The fourth-order valence-corrected chi connectivity index (χ4v) is 4.57. The van der Waals surface area contributed by atoms with Crippen LogP contribution in [0.15, 0.2) is 83.9 Å². The summed E-state index contributed by atoms with van der Waals surface area (Å²) in [7, 11) is -3.94. The lowest BCUT2D eigenvalue weighted by molar-refractivity contribution is -0.148. The molecule has 2 N–H and O–H groups in total. The largest absolute Gasteiger partial charge is 0.487 e. The van der Waals surface area contributed by atoms with Crippen LogP contribution in [0.4, 0.5) is 17.6 Å². The molecular formula is C26H24F4N2O4S. The quantitative estimate of drug-likeness (QED) is 0.141. The highest BCUT2D eigenvalue weighted by Gasteiger charge is 2.41. The third kappa shape index (κ3) is 6.80. The monoisotopic (exact) mass is 536 g/mol. The van der Waals surface area contributed by atoms with Crippen molar-refractivity contribution in [3.05, 3.63) is 90.1 Å². The Labute approximate surface area is 211 Å². The number of fused-ring (bicyclic) bond motifs is 1. The SMILES string of the molecule is O=S(=O)(Oc1ccc2c(CCNCc3cccc(OCC(F)(F)C(F)F)c3)c[nH]c2c1)c1ccccc1. The Morgan fingerprint density at radius 3 is 2.49 bits per heavy atom. The van der Waals surface area contributed by atoms with Crippen LogP contribution < -0.4 is 14.2 Å². The standard InChI is InChI=1S/C26H24F4N2O4S/c27-25(28)26(29,30)17-35-20-6-4-5-18(13-20)15-31-12-11-19-16-32-24-14-21(9-10-23(19)24)36-37(33,34)22-7-2-1-3-8-22/h1-10,13-14,16,25,31-32H,11-12,15,17H2. The maximum Gasteiger partial charge on any atom is 0.340 e. The number of aromatic nitrogens is 1. The van der Waals surface area contributed by atoms with Gasteiger partial charge in [0, 0.05) is 29.7 Å². The van der Waals surface area contributed by atoms with Gasteiger partial charge in [-0.25, -0.2) is 8.78 Å². The number of benzene rings is 3. The molecule has 0 spiro atoms. The molecule has 0 atom stereocenters. The fourth-order valence-electron chi connectivity index (χ4n) is 3.63. The zero-order chi connectivity index (χ0) is 26.5. The van der Waals surface area contributed by atoms with Crippen LogP contribution in [-0.4, -0.2) is 38.9 Å². The number of alkyl halides is 4. The van der Waals surface area contributed by atoms with Crippen LogP contribution in [0.1, 0.15) is 11.1 Å². The van der Waals surface area contributed by atoms with E-state index in [0.717, 1.165) is 22.0 Å². The molecule has 0 radical (unpaired) electrons. The smallest absolute Gasteiger partial charge is 0.340 e. The number of aromatic amines is 1. The second-order valence-electron chi connectivity index (χ2n) is 8.30. The summed E-state index contributed by atoms with van der Waals surface area (Å²) in [5.41, 5.74) is 2.48. The zero-order valence-corrected chi connectivity index (χ0v) is 20.3. The Morgan fingerprint density at radius 1 is 0.946 bits per heavy atom. The van der Waals surface area contributed by atoms with Gasteiger partial charge in [0.05, 0.1) is 0 Å². The molecule has 0 bridgehead atoms. The maximum atomic E-state index is 13.1. The molecule has 196 valence electrons. The lowest BCUT2D eigenvalue weighted by atomic mass is 10.1. The van der Waals surface area contributed by atoms with Crippen LogP contribution in [-0.2, 0) is 23.1 Å². The van der Waals surface area contributed by atoms with Crippen molar-refractivity contribution in [1.29, 1.82) is 0 Å². The molecule has 4 rings (SSSR count). The summed E-state index contributed by atoms with van der Waals surface area (Å²) in [5.74, 6) is -3.93. The summed E-state index contributed by atoms with van der Waals surface area (Å²) in [4.78, 5) is 3.19. The van der Waals surface area contributed by atoms with Crippen LogP contribution in [0.2, 0.25) is 0 Å². The highest BCUT2D eigenvalue weighted by atomic mass is 32.2. The summed E-state index contributed by atoms with van der Waals surface area (Å²) >= 11 is 0. The van der Waals surface area contributed by atoms with Crippen molar-refractivity contribution in [2.75, 3.05) is 13.2 Å². The van der Waals surface area contributed by atoms with E-state index in [4.69, 9.17) is 8.92 Å². The molecule has 0 fully saturated rings. The van der Waals surface area contributed by atoms with E-state index in [2.05, 4.69) is 10.3 Å². The zero-order valence-electron chi connectivity index (χ0n) is 19.5. The Morgan fingerprint density at radius 2 is 1.73 bits per heavy atom. The minimum absolute atomic E-state index is 0.0662. The van der Waals surface area contributed by atoms with Crippen molar-refractivity contribution in [3.63, 3.8) is 0 Å². The van der Waals surface area contributed by atoms with Crippen molar-refractivity contribution < 1.29 is 34.9 Å². The molecule has 0 aliphatic carbocycles. The third-order valence-corrected chi connectivity index (χ3v) is 6.79. The minimum Gasteiger partial charge on any atom is -0.487 e. The van der Waals surface area contributed by atoms with Gasteiger partial charge in [-0.1, -0.05) is 30.3 Å². The highest BCUT2D eigenvalue weighted by molar-refractivity contribution is 7.87. The molecule has 0 saturated heterocycles. The number of rotatable bonds is 12. The van der Waals surface area contributed by atoms with Gasteiger partial charge in [-0.2, -0.15) is 17.2 Å². The number of nitrogens with one attached hydrogen (secondary N) is 2. The molecule has 11 heteroatoms. The van der Waals surface area contributed by atoms with Crippen molar-refractivity contribution in [3.8, 4) is 11.5 Å². The van der Waals surface area contributed by atoms with Crippen LogP contribution >= 0.6 is 0 Å². The van der Waals surface area contributed by atoms with Gasteiger partial charge in [-0.15, -0.1) is 0 Å². The van der Waals surface area contributed by atoms with Crippen LogP contribution in [0.5, 0.6) is 11.5 Å². The Hall–Kier alpha value is -3.57. The molecule has 0 unspecified atom stereocenters. The maximum absolute atomic E-state index is 13.1. The number of hydrogen-bond acceptors (Lipinski definition) is 5. The molecule has 6 nitrogen and oxygen atoms in total. The first-order chi connectivity index (χ1) is 17.6. The molecule has 0 saturated carbocycles. The first-order valence-corrected chi connectivity index (χ1v) is 12.7. The first kappa shape index (κ1) is 26.5. The van der Waals surface area contributed by atoms with E-state index in [1.165, 1.54) is 24.3 Å². The van der Waals surface area contributed by atoms with Crippen LogP contribution in [0.3, 0.4) is 0 Å². The van der Waals surface area contributed by atoms with Crippen LogP contribution in [0.25, 0.3) is 10.9 Å². The van der Waals surface area contributed by atoms with Crippen molar-refractivity contribution in [2.45, 2.75) is 30.2 Å². The van der Waals surface area contributed by atoms with Crippen LogP contribution in [0, 0.1) is 0 Å². The average molecular weight is 537 g/mol. The number of H-pyrrole nitrogens is 1. The van der Waals surface area contributed by atoms with E-state index in [0.29, 0.717) is 19.5 Å². The lowest BCUT2D eigenvalue weighted by Crippen LogP contribution is -2.33. The molecule has 0 amide bonds. The van der Waals surface area contributed by atoms with Crippen molar-refractivity contribution in [1.82, 2.24) is 10.3 Å². The van der Waals surface area contributed by atoms with Gasteiger partial charge >= 0.3 is 22.5 Å². The number of halogens is 4. The predicted octanol–water partition coefficient (Wildman–Crippen LogP) is 5.55. The minimum atomic E-state index is -4.21. The first-order valence-electron chi connectivity index (χ1n) is 11.3. The Balaban J connectivity index is 1.31. The molecule has 1 heterocycles. The van der Waals surface area contributed by atoms with E-state index in [1.54, 1.807) is 48.5 Å². The fraction of sp³-hybridized carbons (Fsp3) is 0.231. The van der Waals surface area contributed by atoms with E-state index in [9.17, 15) is 26.0 Å². The van der Waals surface area contributed by atoms with Gasteiger partial charge in [0.25, 0.3) is 0 Å². The van der Waals surface area contributed by atoms with Gasteiger partial charge in [0.15, 0.2) is 6.61 Å². The summed E-state index contributed by atoms with van der Waals surface area (Å²) in [6.45, 7) is -0.394. The second-order valence-corrected chi connectivity index (χ2v) is 9.84. The molecule has 1 aromatic heterocycles. The van der Waals surface area contributed by atoms with Crippen molar-refractivity contribution >= 4 is 21.0 Å². The summed E-state index contributed by atoms with van der Waals surface area (Å²) in [5, 5.41) is 4.16. The average Bonchev–Trinajstić information content (AvgIpc) is 3.28. The van der Waals surface area contributed by atoms with Gasteiger partial charge in [-0.05, 0) is 60.5 Å². The molecule has 0 aliphatic heterocycles. The molecule has 0 aliphatic rings. The summed E-state index contributed by atoms with van der Waals surface area (Å²) < 4.78 is 85.7. The third-order valence-electron chi connectivity index (χ3n) is 5.53. The second kappa shape index (κ2) is 11.2. The van der Waals surface area contributed by atoms with Gasteiger partial charge in [0.2, 0.25) is 0 Å². The van der Waals surface area contributed by atoms with E-state index >= 15 is 0 Å². The van der Waals surface area contributed by atoms with E-state index < -0.39 is 29.1 Å². The number of hydrogen-bond donors (Lipinski definition) is 2. The van der Waals surface area contributed by atoms with Gasteiger partial charge in [-0.3, -0.25) is 0 Å². The van der Waals surface area contributed by atoms with E-state index in [1.807, 2.05) is 6.20 Å². The van der Waals surface area contributed by atoms with Crippen molar-refractivity contribution in [2.24, 2.45) is 0 Å². The normalized spacial score (nSPS) is 12.2. The number of ether oxygens (including phenoxy) is 1. The van der Waals surface area contributed by atoms with Gasteiger partial charge < -0.3 is 19.2 Å². The molecule has 37 heavy (non-hydrogen) atoms. The Bertz CT molecular complexity index is 1440. The lowest BCUT2D eigenvalue weighted by Gasteiger charge is -2.16.